The average Bonchev–Trinajstić information content (AvgIpc) is 3.46. The van der Waals surface area contributed by atoms with Gasteiger partial charge in [0, 0.05) is 38.3 Å². The van der Waals surface area contributed by atoms with Gasteiger partial charge in [-0.25, -0.2) is 18.1 Å². The molecule has 0 N–H and O–H groups in total. The van der Waals surface area contributed by atoms with Crippen molar-refractivity contribution in [2.75, 3.05) is 26.1 Å². The molecule has 6 rings (SSSR count). The van der Waals surface area contributed by atoms with Crippen molar-refractivity contribution in [2.45, 2.75) is 37.6 Å². The van der Waals surface area contributed by atoms with Crippen molar-refractivity contribution in [1.29, 1.82) is 0 Å². The van der Waals surface area contributed by atoms with E-state index in [1.807, 2.05) is 39.1 Å². The van der Waals surface area contributed by atoms with E-state index >= 15 is 0 Å². The quantitative estimate of drug-likeness (QED) is 0.286. The summed E-state index contributed by atoms with van der Waals surface area (Å²) in [6, 6.07) is 12.1. The van der Waals surface area contributed by atoms with Gasteiger partial charge in [-0.3, -0.25) is 4.98 Å². The van der Waals surface area contributed by atoms with Gasteiger partial charge in [0.25, 0.3) is 0 Å². The largest absolute Gasteiger partial charge is 0.477 e. The van der Waals surface area contributed by atoms with Gasteiger partial charge in [-0.2, -0.15) is 0 Å². The minimum atomic E-state index is -3.66. The molecule has 0 saturated carbocycles. The lowest BCUT2D eigenvalue weighted by Crippen LogP contribution is -2.27. The van der Waals surface area contributed by atoms with E-state index in [0.717, 1.165) is 40.9 Å². The van der Waals surface area contributed by atoms with Crippen molar-refractivity contribution in [3.8, 4) is 17.1 Å². The number of ether oxygens (including phenoxy) is 2. The van der Waals surface area contributed by atoms with Crippen LogP contribution in [0.15, 0.2) is 53.7 Å². The Morgan fingerprint density at radius 2 is 1.88 bits per heavy atom. The van der Waals surface area contributed by atoms with Gasteiger partial charge in [0.1, 0.15) is 10.4 Å². The van der Waals surface area contributed by atoms with Crippen LogP contribution in [-0.4, -0.2) is 64.0 Å². The smallest absolute Gasteiger partial charge is 0.225 e. The molecular weight excluding hydrogens is 528 g/mol. The summed E-state index contributed by atoms with van der Waals surface area (Å²) in [5, 5.41) is 9.02. The third kappa shape index (κ3) is 4.43. The zero-order valence-corrected chi connectivity index (χ0v) is 23.9. The number of aryl methyl sites for hydroxylation is 2. The van der Waals surface area contributed by atoms with Crippen LogP contribution in [0.1, 0.15) is 37.1 Å². The second-order valence-electron chi connectivity index (χ2n) is 10.3. The molecule has 0 radical (unpaired) electrons. The van der Waals surface area contributed by atoms with E-state index in [0.29, 0.717) is 42.1 Å². The van der Waals surface area contributed by atoms with Crippen LogP contribution in [0.2, 0.25) is 0 Å². The Labute approximate surface area is 232 Å². The molecule has 11 heteroatoms. The van der Waals surface area contributed by atoms with Crippen molar-refractivity contribution in [2.24, 2.45) is 13.0 Å². The monoisotopic (exact) mass is 560 g/mol. The zero-order valence-electron chi connectivity index (χ0n) is 23.0. The molecule has 0 bridgehead atoms. The Morgan fingerprint density at radius 3 is 2.52 bits per heavy atom. The SMILES string of the molecule is CCOc1ncc(S(C)(=O)=O)c2c1c1ncc(-c3c(C)nnn3C)cc1n2[C@H](c1ccccc1)C1CCOCC1. The van der Waals surface area contributed by atoms with Crippen LogP contribution in [-0.2, 0) is 21.6 Å². The van der Waals surface area contributed by atoms with Crippen LogP contribution in [0.25, 0.3) is 33.2 Å². The maximum atomic E-state index is 13.3. The van der Waals surface area contributed by atoms with Gasteiger partial charge in [0.05, 0.1) is 46.7 Å². The first-order valence-corrected chi connectivity index (χ1v) is 15.3. The summed E-state index contributed by atoms with van der Waals surface area (Å²) in [4.78, 5) is 9.55. The minimum Gasteiger partial charge on any atom is -0.477 e. The van der Waals surface area contributed by atoms with Crippen LogP contribution >= 0.6 is 0 Å². The highest BCUT2D eigenvalue weighted by atomic mass is 32.2. The summed E-state index contributed by atoms with van der Waals surface area (Å²) in [7, 11) is -1.81. The van der Waals surface area contributed by atoms with E-state index in [4.69, 9.17) is 14.5 Å². The van der Waals surface area contributed by atoms with E-state index in [-0.39, 0.29) is 16.9 Å². The van der Waals surface area contributed by atoms with Crippen molar-refractivity contribution >= 4 is 31.8 Å². The highest BCUT2D eigenvalue weighted by molar-refractivity contribution is 7.91. The Morgan fingerprint density at radius 1 is 1.12 bits per heavy atom. The maximum absolute atomic E-state index is 13.3. The third-order valence-electron chi connectivity index (χ3n) is 7.67. The summed E-state index contributed by atoms with van der Waals surface area (Å²) in [5.74, 6) is 0.570. The summed E-state index contributed by atoms with van der Waals surface area (Å²) in [6.45, 7) is 5.48. The summed E-state index contributed by atoms with van der Waals surface area (Å²) < 4.78 is 42.1. The molecule has 0 amide bonds. The Kier molecular flexibility index (Phi) is 6.79. The van der Waals surface area contributed by atoms with E-state index in [1.54, 1.807) is 10.9 Å². The molecule has 5 aromatic rings. The molecule has 1 saturated heterocycles. The van der Waals surface area contributed by atoms with Gasteiger partial charge in [-0.05, 0) is 44.2 Å². The Hall–Kier alpha value is -3.83. The van der Waals surface area contributed by atoms with Gasteiger partial charge in [0.2, 0.25) is 5.88 Å². The van der Waals surface area contributed by atoms with Crippen molar-refractivity contribution in [3.63, 3.8) is 0 Å². The number of fused-ring (bicyclic) bond motifs is 3. The topological polar surface area (TPSA) is 114 Å². The fourth-order valence-corrected chi connectivity index (χ4v) is 6.77. The summed E-state index contributed by atoms with van der Waals surface area (Å²) in [5.41, 5.74) is 5.55. The van der Waals surface area contributed by atoms with Gasteiger partial charge in [0.15, 0.2) is 9.84 Å². The van der Waals surface area contributed by atoms with Gasteiger partial charge < -0.3 is 14.0 Å². The lowest BCUT2D eigenvalue weighted by Gasteiger charge is -2.33. The molecule has 1 fully saturated rings. The first-order valence-electron chi connectivity index (χ1n) is 13.4. The number of nitrogens with zero attached hydrogens (tertiary/aromatic N) is 6. The third-order valence-corrected chi connectivity index (χ3v) is 8.77. The lowest BCUT2D eigenvalue weighted by molar-refractivity contribution is 0.0552. The summed E-state index contributed by atoms with van der Waals surface area (Å²) in [6.07, 6.45) is 6.11. The average molecular weight is 561 g/mol. The molecule has 0 unspecified atom stereocenters. The fraction of sp³-hybridized carbons (Fsp3) is 0.379. The molecular formula is C29H32N6O4S. The molecule has 0 aliphatic carbocycles. The molecule has 10 nitrogen and oxygen atoms in total. The number of pyridine rings is 2. The van der Waals surface area contributed by atoms with Crippen LogP contribution in [0.3, 0.4) is 0 Å². The highest BCUT2D eigenvalue weighted by Crippen LogP contribution is 2.44. The van der Waals surface area contributed by atoms with E-state index in [1.165, 1.54) is 12.5 Å². The predicted molar refractivity (Wildman–Crippen MR) is 152 cm³/mol. The molecule has 5 heterocycles. The van der Waals surface area contributed by atoms with Gasteiger partial charge in [-0.1, -0.05) is 35.5 Å². The van der Waals surface area contributed by atoms with E-state index in [2.05, 4.69) is 38.1 Å². The first kappa shape index (κ1) is 26.4. The Bertz CT molecular complexity index is 1790. The molecule has 208 valence electrons. The number of aromatic nitrogens is 6. The molecule has 0 spiro atoms. The molecule has 1 atom stereocenters. The summed E-state index contributed by atoms with van der Waals surface area (Å²) >= 11 is 0. The van der Waals surface area contributed by atoms with E-state index in [9.17, 15) is 8.42 Å². The van der Waals surface area contributed by atoms with Crippen molar-refractivity contribution < 1.29 is 17.9 Å². The number of benzene rings is 1. The number of hydrogen-bond donors (Lipinski definition) is 0. The number of rotatable bonds is 7. The van der Waals surface area contributed by atoms with Gasteiger partial charge >= 0.3 is 0 Å². The lowest BCUT2D eigenvalue weighted by atomic mass is 9.86. The molecule has 4 aromatic heterocycles. The van der Waals surface area contributed by atoms with E-state index < -0.39 is 9.84 Å². The second-order valence-corrected chi connectivity index (χ2v) is 12.3. The first-order chi connectivity index (χ1) is 19.3. The molecule has 1 aliphatic heterocycles. The number of sulfone groups is 1. The normalized spacial score (nSPS) is 15.6. The van der Waals surface area contributed by atoms with Crippen molar-refractivity contribution in [1.82, 2.24) is 29.5 Å². The molecule has 1 aliphatic rings. The van der Waals surface area contributed by atoms with Crippen molar-refractivity contribution in [3.05, 3.63) is 60.0 Å². The minimum absolute atomic E-state index is 0.150. The standard InChI is InChI=1S/C29H32N6O4S/c1-5-39-29-24-25-22(15-21(16-30-25)26-18(2)32-33-34(26)3)35(28(24)23(17-31-29)40(4,36)37)27(19-9-7-6-8-10-19)20-11-13-38-14-12-20/h6-10,15-17,20,27H,5,11-14H2,1-4H3/t27-/m1/s1. The van der Waals surface area contributed by atoms with Crippen LogP contribution < -0.4 is 4.74 Å². The molecule has 40 heavy (non-hydrogen) atoms. The Balaban J connectivity index is 1.79. The van der Waals surface area contributed by atoms with Crippen LogP contribution in [0.4, 0.5) is 0 Å². The van der Waals surface area contributed by atoms with Crippen LogP contribution in [0.5, 0.6) is 5.88 Å². The second kappa shape index (κ2) is 10.3. The molecule has 1 aromatic carbocycles. The fourth-order valence-electron chi connectivity index (χ4n) is 5.98. The predicted octanol–water partition coefficient (Wildman–Crippen LogP) is 4.51. The van der Waals surface area contributed by atoms with Crippen LogP contribution in [0, 0.1) is 12.8 Å². The maximum Gasteiger partial charge on any atom is 0.225 e. The van der Waals surface area contributed by atoms with Gasteiger partial charge in [-0.15, -0.1) is 5.10 Å². The highest BCUT2D eigenvalue weighted by Gasteiger charge is 2.33. The zero-order chi connectivity index (χ0) is 28.0. The number of hydrogen-bond acceptors (Lipinski definition) is 8.